The molecule has 3 heterocycles. The summed E-state index contributed by atoms with van der Waals surface area (Å²) in [5.41, 5.74) is 0. The van der Waals surface area contributed by atoms with Gasteiger partial charge in [0.05, 0.1) is 9.77 Å². The fourth-order valence-electron chi connectivity index (χ4n) is 3.73. The SMILES string of the molecule is CC(C(=O)N1CCCN(S(=O)(=O)c2ccc(F)cc2)CC1)n1c(-c2cccs2)n[nH]c1=S. The Labute approximate surface area is 194 Å². The van der Waals surface area contributed by atoms with Crippen molar-refractivity contribution in [3.05, 3.63) is 52.4 Å². The third kappa shape index (κ3) is 4.40. The van der Waals surface area contributed by atoms with E-state index in [1.165, 1.54) is 27.8 Å². The van der Waals surface area contributed by atoms with Gasteiger partial charge in [-0.15, -0.1) is 11.3 Å². The summed E-state index contributed by atoms with van der Waals surface area (Å²) < 4.78 is 42.5. The van der Waals surface area contributed by atoms with Gasteiger partial charge in [-0.2, -0.15) is 9.40 Å². The van der Waals surface area contributed by atoms with Crippen LogP contribution in [-0.4, -0.2) is 64.5 Å². The molecule has 1 N–H and O–H groups in total. The van der Waals surface area contributed by atoms with Gasteiger partial charge in [-0.1, -0.05) is 6.07 Å². The number of aromatic nitrogens is 3. The number of thiophene rings is 1. The number of rotatable bonds is 5. The van der Waals surface area contributed by atoms with Crippen LogP contribution in [-0.2, 0) is 14.8 Å². The molecule has 1 aliphatic rings. The van der Waals surface area contributed by atoms with Gasteiger partial charge in [0, 0.05) is 26.2 Å². The highest BCUT2D eigenvalue weighted by atomic mass is 32.2. The second-order valence-electron chi connectivity index (χ2n) is 7.41. The Morgan fingerprint density at radius 3 is 2.62 bits per heavy atom. The maximum atomic E-state index is 13.3. The zero-order valence-electron chi connectivity index (χ0n) is 17.3. The number of halogens is 1. The molecule has 1 saturated heterocycles. The van der Waals surface area contributed by atoms with Crippen molar-refractivity contribution >= 4 is 39.5 Å². The van der Waals surface area contributed by atoms with Gasteiger partial charge in [-0.05, 0) is 61.3 Å². The van der Waals surface area contributed by atoms with Gasteiger partial charge in [-0.3, -0.25) is 14.5 Å². The van der Waals surface area contributed by atoms with Crippen molar-refractivity contribution < 1.29 is 17.6 Å². The molecule has 0 saturated carbocycles. The van der Waals surface area contributed by atoms with Crippen LogP contribution in [0.4, 0.5) is 4.39 Å². The Bertz CT molecular complexity index is 1250. The number of nitrogens with zero attached hydrogens (tertiary/aromatic N) is 4. The summed E-state index contributed by atoms with van der Waals surface area (Å²) in [4.78, 5) is 15.9. The second kappa shape index (κ2) is 9.22. The first-order chi connectivity index (χ1) is 15.3. The highest BCUT2D eigenvalue weighted by Gasteiger charge is 2.31. The van der Waals surface area contributed by atoms with Crippen LogP contribution in [0.25, 0.3) is 10.7 Å². The number of sulfonamides is 1. The van der Waals surface area contributed by atoms with E-state index in [9.17, 15) is 17.6 Å². The standard InChI is InChI=1S/C20H22FN5O3S3/c1-14(26-18(22-23-20(26)30)17-4-2-13-31-17)19(27)24-9-3-10-25(12-11-24)32(28,29)16-7-5-15(21)6-8-16/h2,4-8,13-14H,3,9-12H2,1H3,(H,23,30). The van der Waals surface area contributed by atoms with E-state index in [4.69, 9.17) is 12.2 Å². The van der Waals surface area contributed by atoms with Crippen LogP contribution in [0.5, 0.6) is 0 Å². The van der Waals surface area contributed by atoms with Gasteiger partial charge in [0.1, 0.15) is 11.9 Å². The van der Waals surface area contributed by atoms with Crippen molar-refractivity contribution in [1.29, 1.82) is 0 Å². The van der Waals surface area contributed by atoms with Crippen LogP contribution in [0.15, 0.2) is 46.7 Å². The van der Waals surface area contributed by atoms with Crippen LogP contribution in [0, 0.1) is 10.6 Å². The maximum Gasteiger partial charge on any atom is 0.245 e. The van der Waals surface area contributed by atoms with E-state index in [0.717, 1.165) is 17.0 Å². The van der Waals surface area contributed by atoms with Gasteiger partial charge in [0.25, 0.3) is 0 Å². The van der Waals surface area contributed by atoms with E-state index in [-0.39, 0.29) is 30.4 Å². The number of amides is 1. The first kappa shape index (κ1) is 22.8. The first-order valence-corrected chi connectivity index (χ1v) is 12.8. The normalized spacial score (nSPS) is 16.6. The molecular weight excluding hydrogens is 473 g/mol. The Morgan fingerprint density at radius 2 is 1.94 bits per heavy atom. The lowest BCUT2D eigenvalue weighted by molar-refractivity contribution is -0.134. The molecule has 0 bridgehead atoms. The third-order valence-corrected chi connectivity index (χ3v) is 8.48. The van der Waals surface area contributed by atoms with Crippen LogP contribution < -0.4 is 0 Å². The molecule has 1 atom stereocenters. The van der Waals surface area contributed by atoms with Gasteiger partial charge < -0.3 is 4.90 Å². The molecule has 2 aromatic heterocycles. The molecule has 0 aliphatic carbocycles. The summed E-state index contributed by atoms with van der Waals surface area (Å²) in [5, 5.41) is 8.97. The van der Waals surface area contributed by atoms with Crippen LogP contribution >= 0.6 is 23.6 Å². The van der Waals surface area contributed by atoms with Crippen molar-refractivity contribution in [2.45, 2.75) is 24.3 Å². The van der Waals surface area contributed by atoms with Gasteiger partial charge >= 0.3 is 0 Å². The molecule has 1 aliphatic heterocycles. The number of carbonyl (C=O) groups is 1. The topological polar surface area (TPSA) is 91.3 Å². The summed E-state index contributed by atoms with van der Waals surface area (Å²) in [6.45, 7) is 2.89. The minimum absolute atomic E-state index is 0.0392. The fraction of sp³-hybridized carbons (Fsp3) is 0.350. The minimum Gasteiger partial charge on any atom is -0.340 e. The van der Waals surface area contributed by atoms with E-state index < -0.39 is 21.9 Å². The van der Waals surface area contributed by atoms with E-state index in [1.807, 2.05) is 17.5 Å². The lowest BCUT2D eigenvalue weighted by atomic mass is 10.2. The van der Waals surface area contributed by atoms with Crippen LogP contribution in [0.2, 0.25) is 0 Å². The van der Waals surface area contributed by atoms with Crippen molar-refractivity contribution in [2.24, 2.45) is 0 Å². The molecule has 170 valence electrons. The Morgan fingerprint density at radius 1 is 1.19 bits per heavy atom. The molecule has 0 spiro atoms. The van der Waals surface area contributed by atoms with Gasteiger partial charge in [0.2, 0.25) is 15.9 Å². The fourth-order valence-corrected chi connectivity index (χ4v) is 6.20. The van der Waals surface area contributed by atoms with Gasteiger partial charge in [-0.25, -0.2) is 12.8 Å². The highest BCUT2D eigenvalue weighted by Crippen LogP contribution is 2.27. The second-order valence-corrected chi connectivity index (χ2v) is 10.7. The summed E-state index contributed by atoms with van der Waals surface area (Å²) in [6, 6.07) is 7.98. The highest BCUT2D eigenvalue weighted by molar-refractivity contribution is 7.89. The van der Waals surface area contributed by atoms with Gasteiger partial charge in [0.15, 0.2) is 10.6 Å². The maximum absolute atomic E-state index is 13.3. The lowest BCUT2D eigenvalue weighted by Gasteiger charge is -2.25. The Balaban J connectivity index is 1.51. The summed E-state index contributed by atoms with van der Waals surface area (Å²) >= 11 is 6.87. The summed E-state index contributed by atoms with van der Waals surface area (Å²) in [6.07, 6.45) is 0.494. The number of aromatic amines is 1. The predicted octanol–water partition coefficient (Wildman–Crippen LogP) is 3.29. The number of H-pyrrole nitrogens is 1. The van der Waals surface area contributed by atoms with E-state index >= 15 is 0 Å². The smallest absolute Gasteiger partial charge is 0.245 e. The lowest BCUT2D eigenvalue weighted by Crippen LogP contribution is -2.40. The molecular formula is C20H22FN5O3S3. The summed E-state index contributed by atoms with van der Waals surface area (Å²) in [7, 11) is -3.76. The van der Waals surface area contributed by atoms with E-state index in [0.29, 0.717) is 23.6 Å². The Kier molecular flexibility index (Phi) is 6.56. The van der Waals surface area contributed by atoms with E-state index in [2.05, 4.69) is 10.2 Å². The molecule has 1 unspecified atom stereocenters. The van der Waals surface area contributed by atoms with E-state index in [1.54, 1.807) is 16.4 Å². The number of benzene rings is 1. The van der Waals surface area contributed by atoms with Crippen LogP contribution in [0.1, 0.15) is 19.4 Å². The monoisotopic (exact) mass is 495 g/mol. The zero-order chi connectivity index (χ0) is 22.9. The number of nitrogens with one attached hydrogen (secondary N) is 1. The number of carbonyl (C=O) groups excluding carboxylic acids is 1. The molecule has 1 fully saturated rings. The molecule has 8 nitrogen and oxygen atoms in total. The number of hydrogen-bond donors (Lipinski definition) is 1. The average molecular weight is 496 g/mol. The predicted molar refractivity (Wildman–Crippen MR) is 122 cm³/mol. The average Bonchev–Trinajstić information content (AvgIpc) is 3.36. The molecule has 3 aromatic rings. The first-order valence-electron chi connectivity index (χ1n) is 10.0. The molecule has 0 radical (unpaired) electrons. The summed E-state index contributed by atoms with van der Waals surface area (Å²) in [5.74, 6) is -0.0483. The molecule has 12 heteroatoms. The van der Waals surface area contributed by atoms with Crippen LogP contribution in [0.3, 0.4) is 0 Å². The van der Waals surface area contributed by atoms with Crippen molar-refractivity contribution in [3.63, 3.8) is 0 Å². The molecule has 1 amide bonds. The third-order valence-electron chi connectivity index (χ3n) is 5.41. The van der Waals surface area contributed by atoms with Crippen molar-refractivity contribution in [3.8, 4) is 10.7 Å². The molecule has 4 rings (SSSR count). The van der Waals surface area contributed by atoms with Crippen molar-refractivity contribution in [2.75, 3.05) is 26.2 Å². The van der Waals surface area contributed by atoms with Crippen molar-refractivity contribution in [1.82, 2.24) is 24.0 Å². The zero-order valence-corrected chi connectivity index (χ0v) is 19.7. The molecule has 32 heavy (non-hydrogen) atoms. The number of hydrogen-bond acceptors (Lipinski definition) is 6. The minimum atomic E-state index is -3.76. The Hall–Kier alpha value is -2.41. The molecule has 1 aromatic carbocycles. The largest absolute Gasteiger partial charge is 0.340 e. The quantitative estimate of drug-likeness (QED) is 0.549.